The number of halogens is 1. The zero-order chi connectivity index (χ0) is 20.3. The van der Waals surface area contributed by atoms with Crippen LogP contribution in [0, 0.1) is 11.2 Å². The first kappa shape index (κ1) is 19.8. The Morgan fingerprint density at radius 1 is 1.07 bits per heavy atom. The van der Waals surface area contributed by atoms with Gasteiger partial charge >= 0.3 is 0 Å². The van der Waals surface area contributed by atoms with E-state index < -0.39 is 0 Å². The van der Waals surface area contributed by atoms with Gasteiger partial charge in [-0.3, -0.25) is 9.58 Å². The predicted molar refractivity (Wildman–Crippen MR) is 113 cm³/mol. The molecule has 1 atom stereocenters. The van der Waals surface area contributed by atoms with Gasteiger partial charge in [0.15, 0.2) is 0 Å². The lowest BCUT2D eigenvalue weighted by atomic mass is 9.75. The van der Waals surface area contributed by atoms with Crippen molar-refractivity contribution in [3.05, 3.63) is 77.7 Å². The summed E-state index contributed by atoms with van der Waals surface area (Å²) in [7, 11) is 1.95. The van der Waals surface area contributed by atoms with Crippen molar-refractivity contribution in [2.45, 2.75) is 25.8 Å². The molecule has 0 bridgehead atoms. The number of aromatic nitrogens is 2. The molecule has 1 N–H and O–H groups in total. The summed E-state index contributed by atoms with van der Waals surface area (Å²) in [6.45, 7) is 2.57. The van der Waals surface area contributed by atoms with Crippen molar-refractivity contribution in [3.63, 3.8) is 0 Å². The second-order valence-corrected chi connectivity index (χ2v) is 8.28. The zero-order valence-electron chi connectivity index (χ0n) is 16.9. The first-order valence-corrected chi connectivity index (χ1v) is 10.2. The molecule has 1 aliphatic heterocycles. The topological polar surface area (TPSA) is 41.3 Å². The second-order valence-electron chi connectivity index (χ2n) is 8.28. The summed E-state index contributed by atoms with van der Waals surface area (Å²) >= 11 is 0. The number of nitrogens with zero attached hydrogens (tertiary/aromatic N) is 3. The van der Waals surface area contributed by atoms with Crippen LogP contribution in [0.4, 0.5) is 4.39 Å². The quantitative estimate of drug-likeness (QED) is 0.687. The van der Waals surface area contributed by atoms with E-state index in [1.54, 1.807) is 6.07 Å². The van der Waals surface area contributed by atoms with Gasteiger partial charge in [0.25, 0.3) is 0 Å². The molecule has 1 fully saturated rings. The summed E-state index contributed by atoms with van der Waals surface area (Å²) in [5.41, 5.74) is 3.67. The van der Waals surface area contributed by atoms with E-state index >= 15 is 0 Å². The van der Waals surface area contributed by atoms with Gasteiger partial charge in [-0.05, 0) is 37.4 Å². The third-order valence-electron chi connectivity index (χ3n) is 5.94. The highest BCUT2D eigenvalue weighted by Gasteiger charge is 2.36. The number of likely N-dealkylation sites (tertiary alicyclic amines) is 1. The van der Waals surface area contributed by atoms with E-state index in [-0.39, 0.29) is 17.8 Å². The summed E-state index contributed by atoms with van der Waals surface area (Å²) < 4.78 is 16.1. The van der Waals surface area contributed by atoms with Crippen molar-refractivity contribution in [2.24, 2.45) is 12.5 Å². The van der Waals surface area contributed by atoms with Crippen molar-refractivity contribution >= 4 is 0 Å². The molecule has 4 rings (SSSR count). The molecule has 152 valence electrons. The maximum Gasteiger partial charge on any atom is 0.126 e. The molecule has 0 spiro atoms. The Hall–Kier alpha value is -2.50. The van der Waals surface area contributed by atoms with Crippen molar-refractivity contribution in [2.75, 3.05) is 19.7 Å². The fourth-order valence-electron chi connectivity index (χ4n) is 4.55. The first-order valence-electron chi connectivity index (χ1n) is 10.2. The van der Waals surface area contributed by atoms with E-state index in [2.05, 4.69) is 28.3 Å². The van der Waals surface area contributed by atoms with E-state index in [1.807, 2.05) is 42.1 Å². The highest BCUT2D eigenvalue weighted by Crippen LogP contribution is 2.35. The molecular weight excluding hydrogens is 365 g/mol. The number of aryl methyl sites for hydroxylation is 1. The fourth-order valence-corrected chi connectivity index (χ4v) is 4.55. The first-order chi connectivity index (χ1) is 14.1. The Labute approximate surface area is 171 Å². The summed E-state index contributed by atoms with van der Waals surface area (Å²) in [5, 5.41) is 14.9. The zero-order valence-corrected chi connectivity index (χ0v) is 16.9. The molecule has 5 heteroatoms. The van der Waals surface area contributed by atoms with Gasteiger partial charge in [-0.25, -0.2) is 4.39 Å². The van der Waals surface area contributed by atoms with Crippen LogP contribution >= 0.6 is 0 Å². The average Bonchev–Trinajstić information content (AvgIpc) is 3.10. The van der Waals surface area contributed by atoms with E-state index in [0.29, 0.717) is 12.0 Å². The molecule has 2 aromatic carbocycles. The van der Waals surface area contributed by atoms with Gasteiger partial charge in [0.05, 0.1) is 12.3 Å². The van der Waals surface area contributed by atoms with Crippen molar-refractivity contribution in [3.8, 4) is 11.3 Å². The van der Waals surface area contributed by atoms with Crippen molar-refractivity contribution in [1.29, 1.82) is 0 Å². The maximum absolute atomic E-state index is 14.2. The molecule has 1 aliphatic rings. The van der Waals surface area contributed by atoms with Crippen LogP contribution in [0.2, 0.25) is 0 Å². The lowest BCUT2D eigenvalue weighted by Gasteiger charge is -2.42. The summed E-state index contributed by atoms with van der Waals surface area (Å²) in [5.74, 6) is -0.184. The number of hydrogen-bond acceptors (Lipinski definition) is 3. The number of hydrogen-bond donors (Lipinski definition) is 1. The minimum atomic E-state index is -0.310. The molecule has 2 heterocycles. The monoisotopic (exact) mass is 393 g/mol. The molecule has 29 heavy (non-hydrogen) atoms. The molecule has 4 nitrogen and oxygen atoms in total. The Bertz CT molecular complexity index is 956. The van der Waals surface area contributed by atoms with Crippen LogP contribution in [0.15, 0.2) is 60.8 Å². The highest BCUT2D eigenvalue weighted by molar-refractivity contribution is 5.62. The van der Waals surface area contributed by atoms with Gasteiger partial charge in [-0.2, -0.15) is 5.10 Å². The van der Waals surface area contributed by atoms with Crippen LogP contribution in [0.1, 0.15) is 24.0 Å². The van der Waals surface area contributed by atoms with Gasteiger partial charge in [0, 0.05) is 42.9 Å². The van der Waals surface area contributed by atoms with Gasteiger partial charge in [0.2, 0.25) is 0 Å². The molecule has 0 amide bonds. The number of rotatable bonds is 6. The Morgan fingerprint density at radius 3 is 2.59 bits per heavy atom. The highest BCUT2D eigenvalue weighted by atomic mass is 19.1. The van der Waals surface area contributed by atoms with E-state index in [4.69, 9.17) is 0 Å². The standard InChI is InChI=1S/C24H28FN3O/c1-27-15-21(23(26-27)19-8-3-2-4-9-19)16-28-13-7-12-24(17-28,18-29)14-20-10-5-6-11-22(20)25/h2-6,8-11,15,29H,7,12-14,16-18H2,1H3/t24-/m1/s1. The van der Waals surface area contributed by atoms with E-state index in [1.165, 1.54) is 11.6 Å². The number of aliphatic hydroxyl groups is 1. The van der Waals surface area contributed by atoms with Crippen LogP contribution in [0.3, 0.4) is 0 Å². The summed E-state index contributed by atoms with van der Waals surface area (Å²) in [6.07, 6.45) is 4.54. The normalized spacial score (nSPS) is 20.1. The smallest absolute Gasteiger partial charge is 0.126 e. The average molecular weight is 394 g/mol. The van der Waals surface area contributed by atoms with Crippen LogP contribution < -0.4 is 0 Å². The van der Waals surface area contributed by atoms with Gasteiger partial charge in [-0.1, -0.05) is 48.5 Å². The molecule has 1 saturated heterocycles. The Balaban J connectivity index is 1.54. The lowest BCUT2D eigenvalue weighted by molar-refractivity contribution is 0.0283. The molecule has 0 saturated carbocycles. The molecule has 0 unspecified atom stereocenters. The summed E-state index contributed by atoms with van der Waals surface area (Å²) in [4.78, 5) is 2.38. The largest absolute Gasteiger partial charge is 0.396 e. The van der Waals surface area contributed by atoms with Gasteiger partial charge in [-0.15, -0.1) is 0 Å². The van der Waals surface area contributed by atoms with Crippen LogP contribution in [-0.2, 0) is 20.0 Å². The Kier molecular flexibility index (Phi) is 5.79. The van der Waals surface area contributed by atoms with Gasteiger partial charge in [0.1, 0.15) is 5.82 Å². The van der Waals surface area contributed by atoms with E-state index in [0.717, 1.165) is 43.7 Å². The fraction of sp³-hybridized carbons (Fsp3) is 0.375. The van der Waals surface area contributed by atoms with Crippen molar-refractivity contribution < 1.29 is 9.50 Å². The summed E-state index contributed by atoms with van der Waals surface area (Å²) in [6, 6.07) is 17.1. The minimum Gasteiger partial charge on any atom is -0.396 e. The lowest BCUT2D eigenvalue weighted by Crippen LogP contribution is -2.46. The molecule has 3 aromatic rings. The molecule has 1 aromatic heterocycles. The van der Waals surface area contributed by atoms with Crippen LogP contribution in [-0.4, -0.2) is 39.5 Å². The van der Waals surface area contributed by atoms with E-state index in [9.17, 15) is 9.50 Å². The predicted octanol–water partition coefficient (Wildman–Crippen LogP) is 4.04. The minimum absolute atomic E-state index is 0.0659. The number of benzene rings is 2. The third kappa shape index (κ3) is 4.41. The van der Waals surface area contributed by atoms with Crippen LogP contribution in [0.25, 0.3) is 11.3 Å². The Morgan fingerprint density at radius 2 is 1.83 bits per heavy atom. The number of aliphatic hydroxyl groups excluding tert-OH is 1. The molecule has 0 aliphatic carbocycles. The maximum atomic E-state index is 14.2. The molecule has 0 radical (unpaired) electrons. The second kappa shape index (κ2) is 8.47. The van der Waals surface area contributed by atoms with Crippen LogP contribution in [0.5, 0.6) is 0 Å². The third-order valence-corrected chi connectivity index (χ3v) is 5.94. The SMILES string of the molecule is Cn1cc(CN2CCC[C@@](CO)(Cc3ccccc3F)C2)c(-c2ccccc2)n1. The van der Waals surface area contributed by atoms with Gasteiger partial charge < -0.3 is 5.11 Å². The molecular formula is C24H28FN3O. The van der Waals surface area contributed by atoms with Crippen molar-refractivity contribution in [1.82, 2.24) is 14.7 Å². The number of piperidine rings is 1.